The third kappa shape index (κ3) is 3.44. The molecule has 1 atom stereocenters. The van der Waals surface area contributed by atoms with Gasteiger partial charge in [0.2, 0.25) is 0 Å². The molecule has 0 aliphatic rings. The van der Waals surface area contributed by atoms with Crippen LogP contribution in [0, 0.1) is 0 Å². The zero-order valence-electron chi connectivity index (χ0n) is 15.8. The summed E-state index contributed by atoms with van der Waals surface area (Å²) in [5.74, 6) is -0.663. The first-order valence-electron chi connectivity index (χ1n) is 8.75. The molecule has 0 amide bonds. The van der Waals surface area contributed by atoms with Gasteiger partial charge in [0.1, 0.15) is 17.4 Å². The Bertz CT molecular complexity index is 1050. The molecule has 1 heterocycles. The summed E-state index contributed by atoms with van der Waals surface area (Å²) in [4.78, 5) is 27.4. The molecule has 0 radical (unpaired) electrons. The number of nitrogens with zero attached hydrogens (tertiary/aromatic N) is 2. The molecule has 0 aliphatic heterocycles. The van der Waals surface area contributed by atoms with Crippen molar-refractivity contribution in [3.63, 3.8) is 0 Å². The number of ketones is 1. The number of aromatic nitrogens is 1. The Labute approximate surface area is 157 Å². The smallest absolute Gasteiger partial charge is 0.265 e. The SMILES string of the molecule is CN(C)c1ccc([C@@H]([NH3+])CC(=O)c2c(O)c3ccccc3n(C)c2=O)cc1. The highest BCUT2D eigenvalue weighted by atomic mass is 16.3. The average molecular weight is 366 g/mol. The summed E-state index contributed by atoms with van der Waals surface area (Å²) in [5, 5.41) is 11.0. The molecule has 6 heteroatoms. The third-order valence-electron chi connectivity index (χ3n) is 4.87. The lowest BCUT2D eigenvalue weighted by Gasteiger charge is -2.15. The zero-order chi connectivity index (χ0) is 19.7. The molecule has 3 aromatic rings. The number of anilines is 1. The molecule has 1 aromatic heterocycles. The fraction of sp³-hybridized carbons (Fsp3) is 0.238. The number of fused-ring (bicyclic) bond motifs is 1. The molecular weight excluding hydrogens is 342 g/mol. The van der Waals surface area contributed by atoms with E-state index in [0.717, 1.165) is 11.3 Å². The van der Waals surface area contributed by atoms with Crippen molar-refractivity contribution in [2.24, 2.45) is 7.05 Å². The molecule has 27 heavy (non-hydrogen) atoms. The van der Waals surface area contributed by atoms with Gasteiger partial charge >= 0.3 is 0 Å². The van der Waals surface area contributed by atoms with Gasteiger partial charge in [-0.05, 0) is 24.3 Å². The Balaban J connectivity index is 1.93. The van der Waals surface area contributed by atoms with E-state index in [9.17, 15) is 14.7 Å². The Hall–Kier alpha value is -3.12. The van der Waals surface area contributed by atoms with E-state index >= 15 is 0 Å². The Morgan fingerprint density at radius 3 is 2.41 bits per heavy atom. The summed E-state index contributed by atoms with van der Waals surface area (Å²) in [6.45, 7) is 0. The normalized spacial score (nSPS) is 12.1. The van der Waals surface area contributed by atoms with Gasteiger partial charge in [0.05, 0.1) is 11.9 Å². The molecule has 2 aromatic carbocycles. The van der Waals surface area contributed by atoms with Crippen molar-refractivity contribution in [2.75, 3.05) is 19.0 Å². The number of quaternary nitrogens is 1. The summed E-state index contributed by atoms with van der Waals surface area (Å²) >= 11 is 0. The van der Waals surface area contributed by atoms with Crippen molar-refractivity contribution in [1.29, 1.82) is 0 Å². The van der Waals surface area contributed by atoms with Gasteiger partial charge in [-0.15, -0.1) is 0 Å². The number of benzene rings is 2. The van der Waals surface area contributed by atoms with Crippen LogP contribution in [-0.4, -0.2) is 29.6 Å². The number of aryl methyl sites for hydroxylation is 1. The summed E-state index contributed by atoms with van der Waals surface area (Å²) in [7, 11) is 5.51. The van der Waals surface area contributed by atoms with Gasteiger partial charge in [0.15, 0.2) is 5.78 Å². The van der Waals surface area contributed by atoms with Gasteiger partial charge in [-0.25, -0.2) is 0 Å². The minimum atomic E-state index is -0.494. The maximum atomic E-state index is 12.8. The highest BCUT2D eigenvalue weighted by Gasteiger charge is 2.24. The second kappa shape index (κ2) is 7.25. The summed E-state index contributed by atoms with van der Waals surface area (Å²) in [5.41, 5.74) is 5.95. The van der Waals surface area contributed by atoms with E-state index < -0.39 is 11.3 Å². The minimum Gasteiger partial charge on any atom is -0.506 e. The van der Waals surface area contributed by atoms with Gasteiger partial charge in [-0.1, -0.05) is 24.3 Å². The van der Waals surface area contributed by atoms with Crippen LogP contribution in [0.15, 0.2) is 53.3 Å². The fourth-order valence-corrected chi connectivity index (χ4v) is 3.22. The van der Waals surface area contributed by atoms with E-state index in [1.165, 1.54) is 4.57 Å². The number of hydrogen-bond donors (Lipinski definition) is 2. The fourth-order valence-electron chi connectivity index (χ4n) is 3.22. The molecule has 0 saturated carbocycles. The first kappa shape index (κ1) is 18.7. The molecule has 0 aliphatic carbocycles. The van der Waals surface area contributed by atoms with Crippen LogP contribution >= 0.6 is 0 Å². The van der Waals surface area contributed by atoms with E-state index in [4.69, 9.17) is 0 Å². The van der Waals surface area contributed by atoms with Gasteiger partial charge in [0.25, 0.3) is 5.56 Å². The highest BCUT2D eigenvalue weighted by Crippen LogP contribution is 2.28. The van der Waals surface area contributed by atoms with Crippen LogP contribution in [0.25, 0.3) is 10.9 Å². The predicted octanol–water partition coefficient (Wildman–Crippen LogP) is 1.87. The minimum absolute atomic E-state index is 0.0441. The number of Topliss-reactive ketones (excluding diaryl/α,β-unsaturated/α-hetero) is 1. The van der Waals surface area contributed by atoms with E-state index in [0.29, 0.717) is 10.9 Å². The first-order valence-corrected chi connectivity index (χ1v) is 8.75. The maximum Gasteiger partial charge on any atom is 0.265 e. The van der Waals surface area contributed by atoms with Crippen molar-refractivity contribution in [3.8, 4) is 5.75 Å². The van der Waals surface area contributed by atoms with Gasteiger partial charge in [-0.3, -0.25) is 9.59 Å². The van der Waals surface area contributed by atoms with Crippen molar-refractivity contribution in [2.45, 2.75) is 12.5 Å². The predicted molar refractivity (Wildman–Crippen MR) is 106 cm³/mol. The number of para-hydroxylation sites is 1. The molecule has 0 fully saturated rings. The standard InChI is InChI=1S/C21H23N3O3/c1-23(2)14-10-8-13(9-11-14)16(22)12-18(25)19-20(26)15-6-4-5-7-17(15)24(3)21(19)27/h4-11,16,26H,12,22H2,1-3H3/p+1/t16-/m0/s1. The molecule has 0 unspecified atom stereocenters. The molecule has 0 spiro atoms. The average Bonchev–Trinajstić information content (AvgIpc) is 2.66. The van der Waals surface area contributed by atoms with Gasteiger partial charge < -0.3 is 20.3 Å². The molecule has 4 N–H and O–H groups in total. The number of carbonyl (C=O) groups excluding carboxylic acids is 1. The van der Waals surface area contributed by atoms with Crippen LogP contribution in [0.3, 0.4) is 0 Å². The molecule has 0 bridgehead atoms. The van der Waals surface area contributed by atoms with E-state index in [1.807, 2.05) is 43.3 Å². The molecule has 140 valence electrons. The summed E-state index contributed by atoms with van der Waals surface area (Å²) in [6.07, 6.45) is 0.0441. The number of hydrogen-bond acceptors (Lipinski definition) is 4. The van der Waals surface area contributed by atoms with Crippen LogP contribution < -0.4 is 16.2 Å². The third-order valence-corrected chi connectivity index (χ3v) is 4.87. The second-order valence-electron chi connectivity index (χ2n) is 6.92. The topological polar surface area (TPSA) is 90.2 Å². The maximum absolute atomic E-state index is 12.8. The van der Waals surface area contributed by atoms with Crippen LogP contribution in [-0.2, 0) is 7.05 Å². The summed E-state index contributed by atoms with van der Waals surface area (Å²) in [6, 6.07) is 14.4. The lowest BCUT2D eigenvalue weighted by atomic mass is 9.97. The van der Waals surface area contributed by atoms with Crippen molar-refractivity contribution < 1.29 is 15.6 Å². The molecule has 0 saturated heterocycles. The van der Waals surface area contributed by atoms with Crippen LogP contribution in [0.2, 0.25) is 0 Å². The molecular formula is C21H24N3O3+. The van der Waals surface area contributed by atoms with Crippen LogP contribution in [0.5, 0.6) is 5.75 Å². The largest absolute Gasteiger partial charge is 0.506 e. The summed E-state index contributed by atoms with van der Waals surface area (Å²) < 4.78 is 1.40. The monoisotopic (exact) mass is 366 g/mol. The highest BCUT2D eigenvalue weighted by molar-refractivity contribution is 6.03. The van der Waals surface area contributed by atoms with Gasteiger partial charge in [-0.2, -0.15) is 0 Å². The van der Waals surface area contributed by atoms with E-state index in [2.05, 4.69) is 5.73 Å². The lowest BCUT2D eigenvalue weighted by molar-refractivity contribution is -0.424. The number of rotatable bonds is 5. The van der Waals surface area contributed by atoms with Crippen molar-refractivity contribution in [1.82, 2.24) is 4.57 Å². The van der Waals surface area contributed by atoms with Crippen molar-refractivity contribution in [3.05, 3.63) is 70.0 Å². The number of aromatic hydroxyl groups is 1. The first-order chi connectivity index (χ1) is 12.8. The lowest BCUT2D eigenvalue weighted by Crippen LogP contribution is -2.54. The second-order valence-corrected chi connectivity index (χ2v) is 6.92. The zero-order valence-corrected chi connectivity index (χ0v) is 15.8. The van der Waals surface area contributed by atoms with E-state index in [-0.39, 0.29) is 23.8 Å². The Morgan fingerprint density at radius 1 is 1.15 bits per heavy atom. The Kier molecular flexibility index (Phi) is 5.01. The van der Waals surface area contributed by atoms with Crippen LogP contribution in [0.4, 0.5) is 5.69 Å². The van der Waals surface area contributed by atoms with Gasteiger partial charge in [0, 0.05) is 37.8 Å². The van der Waals surface area contributed by atoms with Crippen LogP contribution in [0.1, 0.15) is 28.4 Å². The quantitative estimate of drug-likeness (QED) is 0.675. The Morgan fingerprint density at radius 2 is 1.78 bits per heavy atom. The number of carbonyl (C=O) groups is 1. The number of pyridine rings is 1. The van der Waals surface area contributed by atoms with Crippen molar-refractivity contribution >= 4 is 22.4 Å². The molecule has 3 rings (SSSR count). The van der Waals surface area contributed by atoms with E-state index in [1.54, 1.807) is 31.3 Å². The molecule has 6 nitrogen and oxygen atoms in total.